The van der Waals surface area contributed by atoms with Crippen molar-refractivity contribution in [1.82, 2.24) is 0 Å². The number of rotatable bonds is 4. The molecule has 1 aliphatic heterocycles. The van der Waals surface area contributed by atoms with Gasteiger partial charge in [0.2, 0.25) is 0 Å². The summed E-state index contributed by atoms with van der Waals surface area (Å²) in [4.78, 5) is 2.21. The summed E-state index contributed by atoms with van der Waals surface area (Å²) in [6.07, 6.45) is 2.36. The van der Waals surface area contributed by atoms with Crippen LogP contribution in [0.3, 0.4) is 0 Å². The van der Waals surface area contributed by atoms with E-state index >= 15 is 0 Å². The first kappa shape index (κ1) is 11.2. The minimum absolute atomic E-state index is 0.143. The van der Waals surface area contributed by atoms with Crippen molar-refractivity contribution in [3.63, 3.8) is 0 Å². The highest BCUT2D eigenvalue weighted by molar-refractivity contribution is 5.59. The van der Waals surface area contributed by atoms with E-state index in [1.54, 1.807) is 13.2 Å². The van der Waals surface area contributed by atoms with Crippen LogP contribution in [0.15, 0.2) is 18.2 Å². The molecule has 0 aromatic heterocycles. The fourth-order valence-corrected chi connectivity index (χ4v) is 1.95. The summed E-state index contributed by atoms with van der Waals surface area (Å²) in [6.45, 7) is 2.16. The van der Waals surface area contributed by atoms with Crippen molar-refractivity contribution in [2.24, 2.45) is 0 Å². The number of anilines is 1. The zero-order valence-corrected chi connectivity index (χ0v) is 9.41. The number of halogens is 1. The molecular weight excluding hydrogens is 209 g/mol. The van der Waals surface area contributed by atoms with Gasteiger partial charge in [0.1, 0.15) is 11.6 Å². The molecule has 4 heteroatoms. The topological polar surface area (TPSA) is 21.7 Å². The predicted octanol–water partition coefficient (Wildman–Crippen LogP) is 2.41. The summed E-state index contributed by atoms with van der Waals surface area (Å²) >= 11 is 0. The summed E-state index contributed by atoms with van der Waals surface area (Å²) in [7, 11) is 1.55. The van der Waals surface area contributed by atoms with E-state index < -0.39 is 0 Å². The molecule has 0 atom stereocenters. The van der Waals surface area contributed by atoms with E-state index in [-0.39, 0.29) is 12.6 Å². The Morgan fingerprint density at radius 1 is 1.31 bits per heavy atom. The Labute approximate surface area is 94.8 Å². The van der Waals surface area contributed by atoms with Crippen LogP contribution in [0.1, 0.15) is 12.8 Å². The van der Waals surface area contributed by atoms with Gasteiger partial charge in [-0.2, -0.15) is 0 Å². The van der Waals surface area contributed by atoms with Gasteiger partial charge < -0.3 is 14.4 Å². The van der Waals surface area contributed by atoms with Crippen molar-refractivity contribution >= 4 is 5.69 Å². The van der Waals surface area contributed by atoms with Crippen molar-refractivity contribution in [3.05, 3.63) is 24.0 Å². The Hall–Kier alpha value is -1.29. The van der Waals surface area contributed by atoms with Crippen molar-refractivity contribution in [2.75, 3.05) is 31.9 Å². The number of benzene rings is 1. The van der Waals surface area contributed by atoms with Crippen LogP contribution >= 0.6 is 0 Å². The van der Waals surface area contributed by atoms with Crippen LogP contribution < -0.4 is 9.64 Å². The third-order valence-corrected chi connectivity index (χ3v) is 2.70. The molecular formula is C12H16FNO2. The van der Waals surface area contributed by atoms with Gasteiger partial charge in [-0.25, -0.2) is 4.39 Å². The highest BCUT2D eigenvalue weighted by Crippen LogP contribution is 2.31. The minimum atomic E-state index is -0.283. The minimum Gasteiger partial charge on any atom is -0.465 e. The fraction of sp³-hybridized carbons (Fsp3) is 0.500. The van der Waals surface area contributed by atoms with Crippen LogP contribution in [0.2, 0.25) is 0 Å². The quantitative estimate of drug-likeness (QED) is 0.734. The molecule has 0 unspecified atom stereocenters. The van der Waals surface area contributed by atoms with Crippen LogP contribution in [0.5, 0.6) is 5.75 Å². The first-order valence-electron chi connectivity index (χ1n) is 5.47. The first-order valence-corrected chi connectivity index (χ1v) is 5.47. The monoisotopic (exact) mass is 225 g/mol. The number of nitrogens with zero attached hydrogens (tertiary/aromatic N) is 1. The molecule has 1 heterocycles. The molecule has 0 bridgehead atoms. The molecule has 0 amide bonds. The van der Waals surface area contributed by atoms with Gasteiger partial charge in [0.25, 0.3) is 0 Å². The number of ether oxygens (including phenoxy) is 2. The molecule has 0 radical (unpaired) electrons. The number of hydrogen-bond donors (Lipinski definition) is 0. The second kappa shape index (κ2) is 5.16. The van der Waals surface area contributed by atoms with Crippen molar-refractivity contribution < 1.29 is 13.9 Å². The Balaban J connectivity index is 2.20. The van der Waals surface area contributed by atoms with Gasteiger partial charge in [-0.15, -0.1) is 0 Å². The van der Waals surface area contributed by atoms with Gasteiger partial charge in [0, 0.05) is 26.3 Å². The van der Waals surface area contributed by atoms with E-state index in [0.29, 0.717) is 5.75 Å². The SMILES string of the molecule is COCOc1cc(F)ccc1N1CCCC1. The van der Waals surface area contributed by atoms with Gasteiger partial charge >= 0.3 is 0 Å². The van der Waals surface area contributed by atoms with Gasteiger partial charge in [-0.05, 0) is 25.0 Å². The Morgan fingerprint density at radius 2 is 2.06 bits per heavy atom. The molecule has 1 saturated heterocycles. The van der Waals surface area contributed by atoms with Crippen molar-refractivity contribution in [3.8, 4) is 5.75 Å². The molecule has 3 nitrogen and oxygen atoms in total. The van der Waals surface area contributed by atoms with E-state index in [9.17, 15) is 4.39 Å². The summed E-state index contributed by atoms with van der Waals surface area (Å²) in [5.41, 5.74) is 0.955. The van der Waals surface area contributed by atoms with Crippen molar-refractivity contribution in [2.45, 2.75) is 12.8 Å². The standard InChI is InChI=1S/C12H16FNO2/c1-15-9-16-12-8-10(13)4-5-11(12)14-6-2-3-7-14/h4-5,8H,2-3,6-7,9H2,1H3. The van der Waals surface area contributed by atoms with E-state index in [1.807, 2.05) is 0 Å². The summed E-state index contributed by atoms with van der Waals surface area (Å²) in [5.74, 6) is 0.276. The first-order chi connectivity index (χ1) is 7.81. The van der Waals surface area contributed by atoms with Gasteiger partial charge in [-0.1, -0.05) is 0 Å². The number of methoxy groups -OCH3 is 1. The maximum atomic E-state index is 13.1. The maximum Gasteiger partial charge on any atom is 0.188 e. The lowest BCUT2D eigenvalue weighted by Gasteiger charge is -2.21. The highest BCUT2D eigenvalue weighted by Gasteiger charge is 2.17. The highest BCUT2D eigenvalue weighted by atomic mass is 19.1. The predicted molar refractivity (Wildman–Crippen MR) is 60.4 cm³/mol. The average Bonchev–Trinajstić information content (AvgIpc) is 2.80. The smallest absolute Gasteiger partial charge is 0.188 e. The lowest BCUT2D eigenvalue weighted by Crippen LogP contribution is -2.19. The molecule has 2 rings (SSSR count). The van der Waals surface area contributed by atoms with Gasteiger partial charge in [0.15, 0.2) is 6.79 Å². The second-order valence-electron chi connectivity index (χ2n) is 3.86. The molecule has 88 valence electrons. The molecule has 1 aromatic carbocycles. The second-order valence-corrected chi connectivity index (χ2v) is 3.86. The normalized spacial score (nSPS) is 15.5. The molecule has 16 heavy (non-hydrogen) atoms. The van der Waals surface area contributed by atoms with Crippen LogP contribution in [0.4, 0.5) is 10.1 Å². The van der Waals surface area contributed by atoms with Crippen LogP contribution in [-0.2, 0) is 4.74 Å². The van der Waals surface area contributed by atoms with Gasteiger partial charge in [0.05, 0.1) is 5.69 Å². The van der Waals surface area contributed by atoms with E-state index in [4.69, 9.17) is 9.47 Å². The van der Waals surface area contributed by atoms with Crippen molar-refractivity contribution in [1.29, 1.82) is 0 Å². The lowest BCUT2D eigenvalue weighted by molar-refractivity contribution is 0.0512. The largest absolute Gasteiger partial charge is 0.465 e. The number of hydrogen-bond acceptors (Lipinski definition) is 3. The zero-order valence-electron chi connectivity index (χ0n) is 9.41. The van der Waals surface area contributed by atoms with Crippen LogP contribution in [-0.4, -0.2) is 27.0 Å². The molecule has 0 spiro atoms. The summed E-state index contributed by atoms with van der Waals surface area (Å²) < 4.78 is 23.3. The third kappa shape index (κ3) is 2.44. The maximum absolute atomic E-state index is 13.1. The summed E-state index contributed by atoms with van der Waals surface area (Å²) in [6, 6.07) is 4.64. The van der Waals surface area contributed by atoms with E-state index in [0.717, 1.165) is 18.8 Å². The Kier molecular flexibility index (Phi) is 3.62. The Morgan fingerprint density at radius 3 is 2.75 bits per heavy atom. The molecule has 0 saturated carbocycles. The Bertz CT molecular complexity index is 351. The molecule has 1 fully saturated rings. The average molecular weight is 225 g/mol. The summed E-state index contributed by atoms with van der Waals surface area (Å²) in [5, 5.41) is 0. The zero-order chi connectivity index (χ0) is 11.4. The molecule has 1 aliphatic rings. The third-order valence-electron chi connectivity index (χ3n) is 2.70. The van der Waals surface area contributed by atoms with E-state index in [2.05, 4.69) is 4.90 Å². The van der Waals surface area contributed by atoms with Crippen LogP contribution in [0, 0.1) is 5.82 Å². The van der Waals surface area contributed by atoms with E-state index in [1.165, 1.54) is 25.0 Å². The molecule has 1 aromatic rings. The fourth-order valence-electron chi connectivity index (χ4n) is 1.95. The van der Waals surface area contributed by atoms with Crippen LogP contribution in [0.25, 0.3) is 0 Å². The lowest BCUT2D eigenvalue weighted by atomic mass is 10.2. The molecule has 0 aliphatic carbocycles. The molecule has 0 N–H and O–H groups in total. The van der Waals surface area contributed by atoms with Gasteiger partial charge in [-0.3, -0.25) is 0 Å².